The third kappa shape index (κ3) is 6.29. The van der Waals surface area contributed by atoms with Crippen LogP contribution in [0.1, 0.15) is 48.4 Å². The van der Waals surface area contributed by atoms with Crippen molar-refractivity contribution >= 4 is 0 Å². The fraction of sp³-hybridized carbons (Fsp3) is 0.538. The van der Waals surface area contributed by atoms with Gasteiger partial charge in [0.25, 0.3) is 0 Å². The first-order chi connectivity index (χ1) is 15.7. The molecular formula is C26H33N3O3. The molecule has 2 heterocycles. The number of morpholine rings is 1. The van der Waals surface area contributed by atoms with Crippen LogP contribution in [0.25, 0.3) is 0 Å². The first-order valence-electron chi connectivity index (χ1n) is 11.7. The molecule has 2 fully saturated rings. The van der Waals surface area contributed by atoms with E-state index in [9.17, 15) is 10.2 Å². The Morgan fingerprint density at radius 2 is 1.84 bits per heavy atom. The largest absolute Gasteiger partial charge is 0.504 e. The summed E-state index contributed by atoms with van der Waals surface area (Å²) in [5, 5.41) is 19.7. The lowest BCUT2D eigenvalue weighted by molar-refractivity contribution is 0.0271. The molecule has 1 saturated heterocycles. The molecule has 1 unspecified atom stereocenters. The quantitative estimate of drug-likeness (QED) is 0.679. The van der Waals surface area contributed by atoms with Gasteiger partial charge in [-0.25, -0.2) is 9.97 Å². The van der Waals surface area contributed by atoms with E-state index in [0.29, 0.717) is 18.0 Å². The fourth-order valence-electron chi connectivity index (χ4n) is 4.69. The molecular weight excluding hydrogens is 402 g/mol. The van der Waals surface area contributed by atoms with Gasteiger partial charge in [-0.1, -0.05) is 24.0 Å². The molecule has 170 valence electrons. The van der Waals surface area contributed by atoms with Crippen molar-refractivity contribution in [3.8, 4) is 17.6 Å². The number of aliphatic hydroxyl groups is 1. The molecule has 2 aliphatic rings. The Kier molecular flexibility index (Phi) is 8.11. The number of rotatable bonds is 6. The summed E-state index contributed by atoms with van der Waals surface area (Å²) in [6.07, 6.45) is 8.17. The molecule has 2 aromatic rings. The molecule has 1 aliphatic heterocycles. The third-order valence-electron chi connectivity index (χ3n) is 6.70. The number of hydrogen-bond acceptors (Lipinski definition) is 6. The van der Waals surface area contributed by atoms with Crippen LogP contribution in [0.15, 0.2) is 36.8 Å². The van der Waals surface area contributed by atoms with Crippen LogP contribution in [-0.4, -0.2) is 64.5 Å². The van der Waals surface area contributed by atoms with Gasteiger partial charge in [-0.3, -0.25) is 4.90 Å². The van der Waals surface area contributed by atoms with Crippen LogP contribution in [0.2, 0.25) is 0 Å². The van der Waals surface area contributed by atoms with Crippen LogP contribution in [0, 0.1) is 23.7 Å². The predicted molar refractivity (Wildman–Crippen MR) is 123 cm³/mol. The van der Waals surface area contributed by atoms with Crippen molar-refractivity contribution in [3.63, 3.8) is 0 Å². The lowest BCUT2D eigenvalue weighted by Gasteiger charge is -2.33. The summed E-state index contributed by atoms with van der Waals surface area (Å²) < 4.78 is 5.45. The van der Waals surface area contributed by atoms with Crippen molar-refractivity contribution in [3.05, 3.63) is 53.6 Å². The smallest absolute Gasteiger partial charge is 0.155 e. The lowest BCUT2D eigenvalue weighted by Crippen LogP contribution is -2.40. The minimum atomic E-state index is -0.125. The van der Waals surface area contributed by atoms with Gasteiger partial charge in [-0.2, -0.15) is 0 Å². The first kappa shape index (κ1) is 22.7. The number of aromatic nitrogens is 2. The maximum absolute atomic E-state index is 9.91. The number of aliphatic hydroxyl groups excluding tert-OH is 1. The Morgan fingerprint density at radius 1 is 1.09 bits per heavy atom. The van der Waals surface area contributed by atoms with Crippen LogP contribution in [0.5, 0.6) is 5.75 Å². The Morgan fingerprint density at radius 3 is 2.53 bits per heavy atom. The summed E-state index contributed by atoms with van der Waals surface area (Å²) in [6, 6.07) is 8.08. The van der Waals surface area contributed by atoms with Gasteiger partial charge in [-0.15, -0.1) is 0 Å². The monoisotopic (exact) mass is 435 g/mol. The van der Waals surface area contributed by atoms with E-state index >= 15 is 0 Å². The van der Waals surface area contributed by atoms with Gasteiger partial charge < -0.3 is 14.9 Å². The van der Waals surface area contributed by atoms with E-state index in [0.717, 1.165) is 43.3 Å². The average molecular weight is 436 g/mol. The van der Waals surface area contributed by atoms with E-state index in [2.05, 4.69) is 26.7 Å². The molecule has 1 atom stereocenters. The van der Waals surface area contributed by atoms with Crippen molar-refractivity contribution in [2.45, 2.75) is 38.0 Å². The van der Waals surface area contributed by atoms with Crippen LogP contribution < -0.4 is 0 Å². The zero-order valence-corrected chi connectivity index (χ0v) is 18.6. The van der Waals surface area contributed by atoms with Crippen molar-refractivity contribution in [2.24, 2.45) is 11.8 Å². The Bertz CT molecular complexity index is 908. The van der Waals surface area contributed by atoms with Gasteiger partial charge in [0, 0.05) is 43.5 Å². The molecule has 6 heteroatoms. The zero-order chi connectivity index (χ0) is 22.2. The lowest BCUT2D eigenvalue weighted by atomic mass is 9.82. The predicted octanol–water partition coefficient (Wildman–Crippen LogP) is 2.99. The number of benzene rings is 1. The maximum Gasteiger partial charge on any atom is 0.155 e. The van der Waals surface area contributed by atoms with Gasteiger partial charge in [0.15, 0.2) is 5.75 Å². The second-order valence-electron chi connectivity index (χ2n) is 8.96. The minimum Gasteiger partial charge on any atom is -0.504 e. The van der Waals surface area contributed by atoms with Gasteiger partial charge in [0.2, 0.25) is 0 Å². The highest BCUT2D eigenvalue weighted by molar-refractivity contribution is 5.38. The van der Waals surface area contributed by atoms with Gasteiger partial charge in [0.05, 0.1) is 31.7 Å². The minimum absolute atomic E-state index is 0.0117. The second-order valence-corrected chi connectivity index (χ2v) is 8.96. The number of hydrogen-bond donors (Lipinski definition) is 2. The maximum atomic E-state index is 9.91. The molecule has 1 aromatic carbocycles. The molecule has 2 N–H and O–H groups in total. The van der Waals surface area contributed by atoms with Crippen molar-refractivity contribution in [2.75, 3.05) is 39.5 Å². The molecule has 0 spiro atoms. The number of ether oxygens (including phenoxy) is 1. The summed E-state index contributed by atoms with van der Waals surface area (Å²) >= 11 is 0. The summed E-state index contributed by atoms with van der Waals surface area (Å²) in [6.45, 7) is 5.11. The van der Waals surface area contributed by atoms with Crippen LogP contribution >= 0.6 is 0 Å². The molecule has 0 radical (unpaired) electrons. The highest BCUT2D eigenvalue weighted by atomic mass is 16.5. The standard InChI is InChI=1S/C26H33N3O3/c30-18-24(15-25-26(31)16-27-19-28-25)23-9-7-21(8-10-23)2-1-20-3-5-22(6-4-20)17-29-11-13-32-14-12-29/h7-10,16,19-20,22,24,30-31H,3-6,11-15,17-18H2/t20-,22-,24?. The normalized spacial score (nSPS) is 22.7. The SMILES string of the molecule is OCC(Cc1ncncc1O)c1ccc(C#C[C@H]2CC[C@H](CN3CCOCC3)CC2)cc1. The Hall–Kier alpha value is -2.46. The summed E-state index contributed by atoms with van der Waals surface area (Å²) in [5.41, 5.74) is 2.57. The van der Waals surface area contributed by atoms with Gasteiger partial charge >= 0.3 is 0 Å². The highest BCUT2D eigenvalue weighted by Gasteiger charge is 2.23. The van der Waals surface area contributed by atoms with Gasteiger partial charge in [-0.05, 0) is 49.3 Å². The number of aromatic hydroxyl groups is 1. The third-order valence-corrected chi connectivity index (χ3v) is 6.70. The molecule has 0 amide bonds. The molecule has 4 rings (SSSR count). The van der Waals surface area contributed by atoms with Crippen LogP contribution in [0.4, 0.5) is 0 Å². The van der Waals surface area contributed by atoms with Crippen molar-refractivity contribution < 1.29 is 14.9 Å². The number of nitrogens with zero attached hydrogens (tertiary/aromatic N) is 3. The molecule has 0 bridgehead atoms. The van der Waals surface area contributed by atoms with E-state index in [1.165, 1.54) is 44.8 Å². The van der Waals surface area contributed by atoms with Gasteiger partial charge in [0.1, 0.15) is 6.33 Å². The first-order valence-corrected chi connectivity index (χ1v) is 11.7. The molecule has 1 saturated carbocycles. The Labute approximate surface area is 190 Å². The molecule has 6 nitrogen and oxygen atoms in total. The van der Waals surface area contributed by atoms with Crippen molar-refractivity contribution in [1.29, 1.82) is 0 Å². The zero-order valence-electron chi connectivity index (χ0n) is 18.6. The van der Waals surface area contributed by atoms with Crippen LogP contribution in [-0.2, 0) is 11.2 Å². The summed E-state index contributed by atoms with van der Waals surface area (Å²) in [4.78, 5) is 10.5. The Balaban J connectivity index is 1.28. The molecule has 1 aliphatic carbocycles. The van der Waals surface area contributed by atoms with E-state index in [1.807, 2.05) is 24.3 Å². The molecule has 32 heavy (non-hydrogen) atoms. The topological polar surface area (TPSA) is 78.7 Å². The van der Waals surface area contributed by atoms with E-state index in [-0.39, 0.29) is 18.3 Å². The fourth-order valence-corrected chi connectivity index (χ4v) is 4.69. The average Bonchev–Trinajstić information content (AvgIpc) is 2.84. The molecule has 1 aromatic heterocycles. The summed E-state index contributed by atoms with van der Waals surface area (Å²) in [5.74, 6) is 8.07. The summed E-state index contributed by atoms with van der Waals surface area (Å²) in [7, 11) is 0. The van der Waals surface area contributed by atoms with E-state index in [4.69, 9.17) is 4.74 Å². The second kappa shape index (κ2) is 11.4. The highest BCUT2D eigenvalue weighted by Crippen LogP contribution is 2.29. The van der Waals surface area contributed by atoms with E-state index < -0.39 is 0 Å². The van der Waals surface area contributed by atoms with Crippen molar-refractivity contribution in [1.82, 2.24) is 14.9 Å². The van der Waals surface area contributed by atoms with E-state index in [1.54, 1.807) is 0 Å². The van der Waals surface area contributed by atoms with Crippen LogP contribution in [0.3, 0.4) is 0 Å².